The van der Waals surface area contributed by atoms with Crippen molar-refractivity contribution in [1.82, 2.24) is 9.80 Å². The van der Waals surface area contributed by atoms with Crippen LogP contribution in [0.4, 0.5) is 4.39 Å². The van der Waals surface area contributed by atoms with E-state index in [0.29, 0.717) is 31.7 Å². The highest BCUT2D eigenvalue weighted by Crippen LogP contribution is 2.40. The highest BCUT2D eigenvalue weighted by Gasteiger charge is 2.40. The Morgan fingerprint density at radius 1 is 1.28 bits per heavy atom. The molecule has 0 radical (unpaired) electrons. The second-order valence-electron chi connectivity index (χ2n) is 7.30. The van der Waals surface area contributed by atoms with Gasteiger partial charge in [0.25, 0.3) is 0 Å². The molecular weight excluding hydrogens is 343 g/mol. The average Bonchev–Trinajstić information content (AvgIpc) is 2.62. The number of benzene rings is 1. The van der Waals surface area contributed by atoms with Crippen molar-refractivity contribution in [3.05, 3.63) is 34.6 Å². The van der Waals surface area contributed by atoms with Gasteiger partial charge in [0.1, 0.15) is 5.82 Å². The van der Waals surface area contributed by atoms with Crippen LogP contribution in [-0.4, -0.2) is 55.6 Å². The van der Waals surface area contributed by atoms with Crippen LogP contribution < -0.4 is 0 Å². The number of piperidine rings is 2. The van der Waals surface area contributed by atoms with Crippen LogP contribution in [0.1, 0.15) is 31.2 Å². The molecule has 0 atom stereocenters. The first-order valence-corrected chi connectivity index (χ1v) is 9.33. The summed E-state index contributed by atoms with van der Waals surface area (Å²) in [6.45, 7) is 4.54. The van der Waals surface area contributed by atoms with E-state index in [0.717, 1.165) is 38.9 Å². The van der Waals surface area contributed by atoms with Gasteiger partial charge in [0.05, 0.1) is 11.6 Å². The Balaban J connectivity index is 1.57. The zero-order valence-corrected chi connectivity index (χ0v) is 15.5. The van der Waals surface area contributed by atoms with Crippen molar-refractivity contribution in [2.24, 2.45) is 5.41 Å². The van der Waals surface area contributed by atoms with Crippen LogP contribution in [-0.2, 0) is 16.1 Å². The minimum atomic E-state index is -0.307. The quantitative estimate of drug-likeness (QED) is 0.799. The Hall–Kier alpha value is -1.17. The molecule has 1 aromatic carbocycles. The summed E-state index contributed by atoms with van der Waals surface area (Å²) in [5, 5.41) is 0.186. The number of likely N-dealkylation sites (tertiary alicyclic amines) is 2. The number of carbonyl (C=O) groups is 1. The molecule has 2 aliphatic heterocycles. The fraction of sp³-hybridized carbons (Fsp3) is 0.632. The summed E-state index contributed by atoms with van der Waals surface area (Å²) in [5.74, 6) is -0.0652. The Labute approximate surface area is 153 Å². The molecule has 0 bridgehead atoms. The number of carbonyl (C=O) groups excluding carboxylic acids is 1. The highest BCUT2D eigenvalue weighted by atomic mass is 35.5. The summed E-state index contributed by atoms with van der Waals surface area (Å²) < 4.78 is 19.2. The fourth-order valence-electron chi connectivity index (χ4n) is 4.01. The summed E-state index contributed by atoms with van der Waals surface area (Å²) in [7, 11) is 1.66. The number of methoxy groups -OCH3 is 1. The predicted molar refractivity (Wildman–Crippen MR) is 96.0 cm³/mol. The maximum Gasteiger partial charge on any atom is 0.222 e. The third kappa shape index (κ3) is 4.33. The van der Waals surface area contributed by atoms with E-state index in [1.807, 2.05) is 4.90 Å². The summed E-state index contributed by atoms with van der Waals surface area (Å²) >= 11 is 5.88. The van der Waals surface area contributed by atoms with Gasteiger partial charge in [-0.2, -0.15) is 0 Å². The summed E-state index contributed by atoms with van der Waals surface area (Å²) in [6.07, 6.45) is 3.69. The zero-order chi connectivity index (χ0) is 17.9. The number of hydrogen-bond acceptors (Lipinski definition) is 3. The predicted octanol–water partition coefficient (Wildman–Crippen LogP) is 3.33. The smallest absolute Gasteiger partial charge is 0.222 e. The molecule has 1 amide bonds. The van der Waals surface area contributed by atoms with Crippen molar-refractivity contribution in [3.8, 4) is 0 Å². The van der Waals surface area contributed by atoms with Crippen LogP contribution in [0.5, 0.6) is 0 Å². The maximum atomic E-state index is 14.1. The topological polar surface area (TPSA) is 32.8 Å². The van der Waals surface area contributed by atoms with E-state index in [1.54, 1.807) is 25.3 Å². The summed E-state index contributed by atoms with van der Waals surface area (Å²) in [6, 6.07) is 5.18. The lowest BCUT2D eigenvalue weighted by Crippen LogP contribution is -2.52. The van der Waals surface area contributed by atoms with Crippen LogP contribution in [0.3, 0.4) is 0 Å². The Morgan fingerprint density at radius 2 is 2.04 bits per heavy atom. The maximum absolute atomic E-state index is 14.1. The van der Waals surface area contributed by atoms with Crippen LogP contribution in [0, 0.1) is 11.2 Å². The first-order chi connectivity index (χ1) is 12.0. The lowest BCUT2D eigenvalue weighted by molar-refractivity contribution is -0.139. The van der Waals surface area contributed by atoms with Gasteiger partial charge < -0.3 is 9.64 Å². The zero-order valence-electron chi connectivity index (χ0n) is 14.8. The second-order valence-corrected chi connectivity index (χ2v) is 7.70. The summed E-state index contributed by atoms with van der Waals surface area (Å²) in [5.41, 5.74) is 0.870. The molecule has 25 heavy (non-hydrogen) atoms. The number of nitrogens with zero attached hydrogens (tertiary/aromatic N) is 2. The lowest BCUT2D eigenvalue weighted by Gasteiger charge is -2.47. The molecule has 2 aliphatic rings. The SMILES string of the molecule is COCCN1CC2(CCC1=O)CCN(Cc1cccc(Cl)c1F)CC2. The molecule has 2 fully saturated rings. The van der Waals surface area contributed by atoms with Gasteiger partial charge in [-0.05, 0) is 43.8 Å². The number of rotatable bonds is 5. The number of hydrogen-bond donors (Lipinski definition) is 0. The molecule has 2 heterocycles. The molecule has 2 saturated heterocycles. The van der Waals surface area contributed by atoms with Gasteiger partial charge in [0.15, 0.2) is 0 Å². The number of amides is 1. The van der Waals surface area contributed by atoms with E-state index >= 15 is 0 Å². The molecule has 0 N–H and O–H groups in total. The van der Waals surface area contributed by atoms with Crippen molar-refractivity contribution in [1.29, 1.82) is 0 Å². The molecular formula is C19H26ClFN2O2. The molecule has 138 valence electrons. The van der Waals surface area contributed by atoms with E-state index in [9.17, 15) is 9.18 Å². The van der Waals surface area contributed by atoms with Crippen molar-refractivity contribution >= 4 is 17.5 Å². The van der Waals surface area contributed by atoms with E-state index in [2.05, 4.69) is 4.90 Å². The third-order valence-electron chi connectivity index (χ3n) is 5.66. The van der Waals surface area contributed by atoms with E-state index in [4.69, 9.17) is 16.3 Å². The first-order valence-electron chi connectivity index (χ1n) is 8.95. The van der Waals surface area contributed by atoms with Gasteiger partial charge in [0, 0.05) is 38.7 Å². The normalized spacial score (nSPS) is 21.1. The number of halogens is 2. The van der Waals surface area contributed by atoms with E-state index in [-0.39, 0.29) is 22.2 Å². The van der Waals surface area contributed by atoms with Gasteiger partial charge in [-0.3, -0.25) is 9.69 Å². The van der Waals surface area contributed by atoms with Crippen molar-refractivity contribution in [2.45, 2.75) is 32.2 Å². The Kier molecular flexibility index (Phi) is 5.97. The van der Waals surface area contributed by atoms with E-state index < -0.39 is 0 Å². The molecule has 1 spiro atoms. The third-order valence-corrected chi connectivity index (χ3v) is 5.95. The Bertz CT molecular complexity index is 617. The Morgan fingerprint density at radius 3 is 2.76 bits per heavy atom. The first kappa shape index (κ1) is 18.6. The van der Waals surface area contributed by atoms with Gasteiger partial charge in [-0.25, -0.2) is 4.39 Å². The van der Waals surface area contributed by atoms with Crippen molar-refractivity contribution in [3.63, 3.8) is 0 Å². The largest absolute Gasteiger partial charge is 0.383 e. The fourth-order valence-corrected chi connectivity index (χ4v) is 4.21. The minimum absolute atomic E-state index is 0.186. The lowest BCUT2D eigenvalue weighted by atomic mass is 9.72. The molecule has 1 aromatic rings. The molecule has 0 aliphatic carbocycles. The minimum Gasteiger partial charge on any atom is -0.383 e. The van der Waals surface area contributed by atoms with Gasteiger partial charge >= 0.3 is 0 Å². The monoisotopic (exact) mass is 368 g/mol. The van der Waals surface area contributed by atoms with Crippen LogP contribution in [0.25, 0.3) is 0 Å². The van der Waals surface area contributed by atoms with Crippen molar-refractivity contribution < 1.29 is 13.9 Å². The van der Waals surface area contributed by atoms with Crippen LogP contribution in [0.15, 0.2) is 18.2 Å². The molecule has 4 nitrogen and oxygen atoms in total. The van der Waals surface area contributed by atoms with Crippen LogP contribution >= 0.6 is 11.6 Å². The average molecular weight is 369 g/mol. The standard InChI is InChI=1S/C19H26ClFN2O2/c1-25-12-11-23-14-19(6-5-17(23)24)7-9-22(10-8-19)13-15-3-2-4-16(20)18(15)21/h2-4H,5-14H2,1H3. The molecule has 6 heteroatoms. The summed E-state index contributed by atoms with van der Waals surface area (Å²) in [4.78, 5) is 16.4. The second kappa shape index (κ2) is 8.02. The van der Waals surface area contributed by atoms with Gasteiger partial charge in [-0.15, -0.1) is 0 Å². The molecule has 0 aromatic heterocycles. The molecule has 0 saturated carbocycles. The van der Waals surface area contributed by atoms with Gasteiger partial charge in [0.2, 0.25) is 5.91 Å². The van der Waals surface area contributed by atoms with Crippen LogP contribution in [0.2, 0.25) is 5.02 Å². The number of ether oxygens (including phenoxy) is 1. The van der Waals surface area contributed by atoms with Gasteiger partial charge in [-0.1, -0.05) is 23.7 Å². The molecule has 0 unspecified atom stereocenters. The van der Waals surface area contributed by atoms with E-state index in [1.165, 1.54) is 0 Å². The van der Waals surface area contributed by atoms with Crippen molar-refractivity contribution in [2.75, 3.05) is 39.9 Å². The highest BCUT2D eigenvalue weighted by molar-refractivity contribution is 6.30. The molecule has 3 rings (SSSR count).